The lowest BCUT2D eigenvalue weighted by Crippen LogP contribution is -2.29. The van der Waals surface area contributed by atoms with Crippen LogP contribution in [0.5, 0.6) is 5.75 Å². The van der Waals surface area contributed by atoms with Crippen LogP contribution in [0.25, 0.3) is 11.3 Å². The largest absolute Gasteiger partial charge is 0.491 e. The van der Waals surface area contributed by atoms with Crippen molar-refractivity contribution in [3.05, 3.63) is 71.2 Å². The lowest BCUT2D eigenvalue weighted by atomic mass is 10.0. The molecule has 0 saturated carbocycles. The number of hydrogen-bond acceptors (Lipinski definition) is 5. The number of para-hydroxylation sites is 1. The van der Waals surface area contributed by atoms with Crippen LogP contribution in [-0.4, -0.2) is 34.9 Å². The zero-order valence-corrected chi connectivity index (χ0v) is 14.9. The molecule has 1 N–H and O–H groups in total. The van der Waals surface area contributed by atoms with E-state index in [0.717, 1.165) is 47.7 Å². The number of aliphatic hydroxyl groups is 1. The molecule has 0 bridgehead atoms. The first kappa shape index (κ1) is 17.7. The van der Waals surface area contributed by atoms with E-state index < -0.39 is 0 Å². The topological polar surface area (TPSA) is 58.7 Å². The maximum Gasteiger partial charge on any atom is 0.143 e. The first-order chi connectivity index (χ1) is 13.2. The number of fused-ring (bicyclic) bond motifs is 1. The molecule has 0 unspecified atom stereocenters. The number of halogens is 1. The zero-order valence-electron chi connectivity index (χ0n) is 14.9. The maximum atomic E-state index is 13.6. The van der Waals surface area contributed by atoms with Gasteiger partial charge in [-0.15, -0.1) is 0 Å². The van der Waals surface area contributed by atoms with E-state index in [-0.39, 0.29) is 19.0 Å². The molecule has 140 valence electrons. The Morgan fingerprint density at radius 3 is 2.93 bits per heavy atom. The van der Waals surface area contributed by atoms with Gasteiger partial charge in [0, 0.05) is 42.7 Å². The van der Waals surface area contributed by atoms with Crippen LogP contribution in [0.4, 0.5) is 4.39 Å². The summed E-state index contributed by atoms with van der Waals surface area (Å²) in [6, 6.07) is 14.3. The van der Waals surface area contributed by atoms with Gasteiger partial charge in [-0.2, -0.15) is 0 Å². The summed E-state index contributed by atoms with van der Waals surface area (Å²) in [6.45, 7) is 2.50. The lowest BCUT2D eigenvalue weighted by molar-refractivity contribution is 0.194. The highest BCUT2D eigenvalue weighted by atomic mass is 19.1. The molecule has 2 aromatic carbocycles. The van der Waals surface area contributed by atoms with Gasteiger partial charge in [0.2, 0.25) is 0 Å². The minimum absolute atomic E-state index is 0.0148. The van der Waals surface area contributed by atoms with Crippen molar-refractivity contribution in [2.24, 2.45) is 0 Å². The summed E-state index contributed by atoms with van der Waals surface area (Å²) in [5.41, 5.74) is 3.52. The average Bonchev–Trinajstić information content (AvgIpc) is 3.10. The second kappa shape index (κ2) is 7.90. The molecule has 0 spiro atoms. The molecule has 6 heteroatoms. The molecule has 0 atom stereocenters. The number of nitrogens with zero attached hydrogens (tertiary/aromatic N) is 2. The third-order valence-corrected chi connectivity index (χ3v) is 4.72. The quantitative estimate of drug-likeness (QED) is 0.723. The number of benzene rings is 2. The second-order valence-corrected chi connectivity index (χ2v) is 6.58. The van der Waals surface area contributed by atoms with Gasteiger partial charge in [-0.3, -0.25) is 4.90 Å². The van der Waals surface area contributed by atoms with Gasteiger partial charge in [0.15, 0.2) is 0 Å². The molecule has 4 rings (SSSR count). The van der Waals surface area contributed by atoms with Crippen LogP contribution in [-0.2, 0) is 19.5 Å². The van der Waals surface area contributed by atoms with Crippen molar-refractivity contribution in [3.8, 4) is 17.0 Å². The minimum atomic E-state index is -0.285. The smallest absolute Gasteiger partial charge is 0.143 e. The summed E-state index contributed by atoms with van der Waals surface area (Å²) in [6.07, 6.45) is 0.761. The Hall–Kier alpha value is -2.70. The first-order valence-electron chi connectivity index (χ1n) is 9.02. The van der Waals surface area contributed by atoms with Gasteiger partial charge in [-0.25, -0.2) is 4.39 Å². The van der Waals surface area contributed by atoms with Gasteiger partial charge >= 0.3 is 0 Å². The monoisotopic (exact) mass is 368 g/mol. The molecule has 0 saturated heterocycles. The number of hydrogen-bond donors (Lipinski definition) is 1. The maximum absolute atomic E-state index is 13.6. The highest BCUT2D eigenvalue weighted by molar-refractivity contribution is 5.63. The Morgan fingerprint density at radius 2 is 2.07 bits per heavy atom. The van der Waals surface area contributed by atoms with Crippen LogP contribution >= 0.6 is 0 Å². The third-order valence-electron chi connectivity index (χ3n) is 4.72. The Labute approximate surface area is 157 Å². The molecule has 1 aliphatic heterocycles. The number of rotatable bonds is 6. The van der Waals surface area contributed by atoms with Gasteiger partial charge in [0.1, 0.15) is 29.6 Å². The van der Waals surface area contributed by atoms with Gasteiger partial charge in [-0.1, -0.05) is 35.5 Å². The average molecular weight is 368 g/mol. The molecule has 1 aromatic heterocycles. The molecule has 2 heterocycles. The Balaban J connectivity index is 1.55. The van der Waals surface area contributed by atoms with E-state index in [1.165, 1.54) is 12.1 Å². The first-order valence-corrected chi connectivity index (χ1v) is 9.02. The molecular weight excluding hydrogens is 347 g/mol. The van der Waals surface area contributed by atoms with Crippen LogP contribution in [0.15, 0.2) is 53.1 Å². The summed E-state index contributed by atoms with van der Waals surface area (Å²) in [5, 5.41) is 13.2. The van der Waals surface area contributed by atoms with Crippen molar-refractivity contribution < 1.29 is 18.8 Å². The predicted octanol–water partition coefficient (Wildman–Crippen LogP) is 3.41. The fourth-order valence-electron chi connectivity index (χ4n) is 3.43. The van der Waals surface area contributed by atoms with Gasteiger partial charge in [-0.05, 0) is 18.2 Å². The van der Waals surface area contributed by atoms with Crippen molar-refractivity contribution in [1.29, 1.82) is 0 Å². The molecular formula is C21H21FN2O3. The highest BCUT2D eigenvalue weighted by Crippen LogP contribution is 2.31. The van der Waals surface area contributed by atoms with Crippen molar-refractivity contribution in [1.82, 2.24) is 10.1 Å². The normalized spacial score (nSPS) is 14.1. The third kappa shape index (κ3) is 3.86. The standard InChI is InChI=1S/C21H21FN2O3/c22-17-6-3-5-15(12-17)21-18-14-24(9-8-20(18)27-23-21)13-16-4-1-2-7-19(16)26-11-10-25/h1-7,12,25H,8-11,13-14H2. The van der Waals surface area contributed by atoms with Crippen LogP contribution < -0.4 is 4.74 Å². The fraction of sp³-hybridized carbons (Fsp3) is 0.286. The molecule has 3 aromatic rings. The number of ether oxygens (including phenoxy) is 1. The van der Waals surface area contributed by atoms with E-state index >= 15 is 0 Å². The van der Waals surface area contributed by atoms with E-state index in [9.17, 15) is 4.39 Å². The van der Waals surface area contributed by atoms with E-state index in [2.05, 4.69) is 10.1 Å². The van der Waals surface area contributed by atoms with Crippen molar-refractivity contribution >= 4 is 0 Å². The van der Waals surface area contributed by atoms with Crippen LogP contribution in [0, 0.1) is 5.82 Å². The summed E-state index contributed by atoms with van der Waals surface area (Å²) < 4.78 is 24.7. The highest BCUT2D eigenvalue weighted by Gasteiger charge is 2.25. The molecule has 27 heavy (non-hydrogen) atoms. The SMILES string of the molecule is OCCOc1ccccc1CN1CCc2onc(-c3cccc(F)c3)c2C1. The summed E-state index contributed by atoms with van der Waals surface area (Å²) in [7, 11) is 0. The Bertz CT molecular complexity index is 925. The fourth-order valence-corrected chi connectivity index (χ4v) is 3.43. The number of aromatic nitrogens is 1. The van der Waals surface area contributed by atoms with Crippen molar-refractivity contribution in [3.63, 3.8) is 0 Å². The zero-order chi connectivity index (χ0) is 18.6. The Morgan fingerprint density at radius 1 is 1.19 bits per heavy atom. The second-order valence-electron chi connectivity index (χ2n) is 6.58. The molecule has 5 nitrogen and oxygen atoms in total. The van der Waals surface area contributed by atoms with E-state index in [0.29, 0.717) is 12.2 Å². The Kier molecular flexibility index (Phi) is 5.18. The van der Waals surface area contributed by atoms with Crippen LogP contribution in [0.2, 0.25) is 0 Å². The van der Waals surface area contributed by atoms with Gasteiger partial charge in [0.25, 0.3) is 0 Å². The van der Waals surface area contributed by atoms with E-state index in [1.54, 1.807) is 6.07 Å². The van der Waals surface area contributed by atoms with Crippen molar-refractivity contribution in [2.45, 2.75) is 19.5 Å². The molecule has 0 radical (unpaired) electrons. The van der Waals surface area contributed by atoms with Gasteiger partial charge in [0.05, 0.1) is 6.61 Å². The predicted molar refractivity (Wildman–Crippen MR) is 98.7 cm³/mol. The van der Waals surface area contributed by atoms with Gasteiger partial charge < -0.3 is 14.4 Å². The molecule has 0 amide bonds. The summed E-state index contributed by atoms with van der Waals surface area (Å²) in [4.78, 5) is 2.30. The van der Waals surface area contributed by atoms with Crippen LogP contribution in [0.3, 0.4) is 0 Å². The lowest BCUT2D eigenvalue weighted by Gasteiger charge is -2.26. The van der Waals surface area contributed by atoms with Crippen LogP contribution in [0.1, 0.15) is 16.9 Å². The molecule has 0 fully saturated rings. The number of aliphatic hydroxyl groups excluding tert-OH is 1. The van der Waals surface area contributed by atoms with Crippen molar-refractivity contribution in [2.75, 3.05) is 19.8 Å². The summed E-state index contributed by atoms with van der Waals surface area (Å²) in [5.74, 6) is 1.37. The summed E-state index contributed by atoms with van der Waals surface area (Å²) >= 11 is 0. The minimum Gasteiger partial charge on any atom is -0.491 e. The van der Waals surface area contributed by atoms with E-state index in [4.69, 9.17) is 14.4 Å². The molecule has 1 aliphatic rings. The molecule has 0 aliphatic carbocycles. The van der Waals surface area contributed by atoms with E-state index in [1.807, 2.05) is 30.3 Å².